The average molecular weight is 426 g/mol. The normalized spacial score (nSPS) is 16.5. The van der Waals surface area contributed by atoms with Crippen molar-refractivity contribution in [2.24, 2.45) is 0 Å². The molecule has 0 saturated carbocycles. The number of carbonyl (C=O) groups is 2. The summed E-state index contributed by atoms with van der Waals surface area (Å²) >= 11 is 6.35. The van der Waals surface area contributed by atoms with Crippen molar-refractivity contribution in [3.8, 4) is 0 Å². The predicted molar refractivity (Wildman–Crippen MR) is 117 cm³/mol. The summed E-state index contributed by atoms with van der Waals surface area (Å²) in [6.07, 6.45) is 1.79. The standard InChI is InChI=1S/C23H24ClN3O3/c1-30-23(29)22(17-7-2-4-8-19(17)24)27-12-10-26(11-13-27)15-21(28)18-14-25-20-9-5-3-6-16(18)20/h2-9,14,22,25H,10-13,15H2,1H3. The molecule has 3 aromatic rings. The van der Waals surface area contributed by atoms with Crippen molar-refractivity contribution in [3.63, 3.8) is 0 Å². The first-order chi connectivity index (χ1) is 14.6. The van der Waals surface area contributed by atoms with Crippen LogP contribution in [0, 0.1) is 0 Å². The van der Waals surface area contributed by atoms with E-state index in [0.717, 1.165) is 22.0 Å². The van der Waals surface area contributed by atoms with Crippen molar-refractivity contribution in [3.05, 3.63) is 70.9 Å². The highest BCUT2D eigenvalue weighted by Gasteiger charge is 2.33. The van der Waals surface area contributed by atoms with Crippen molar-refractivity contribution >= 4 is 34.3 Å². The third-order valence-corrected chi connectivity index (χ3v) is 6.00. The summed E-state index contributed by atoms with van der Waals surface area (Å²) in [7, 11) is 1.39. The Hall–Kier alpha value is -2.67. The third-order valence-electron chi connectivity index (χ3n) is 5.65. The van der Waals surface area contributed by atoms with E-state index in [1.165, 1.54) is 7.11 Å². The number of hydrogen-bond donors (Lipinski definition) is 1. The summed E-state index contributed by atoms with van der Waals surface area (Å²) < 4.78 is 5.05. The summed E-state index contributed by atoms with van der Waals surface area (Å²) in [5.41, 5.74) is 2.43. The van der Waals surface area contributed by atoms with Crippen LogP contribution in [0.4, 0.5) is 0 Å². The zero-order chi connectivity index (χ0) is 21.1. The van der Waals surface area contributed by atoms with E-state index in [9.17, 15) is 9.59 Å². The fraction of sp³-hybridized carbons (Fsp3) is 0.304. The summed E-state index contributed by atoms with van der Waals surface area (Å²) in [5.74, 6) is -0.233. The fourth-order valence-corrected chi connectivity index (χ4v) is 4.29. The molecule has 0 aliphatic carbocycles. The number of methoxy groups -OCH3 is 1. The van der Waals surface area contributed by atoms with E-state index in [2.05, 4.69) is 14.8 Å². The van der Waals surface area contributed by atoms with E-state index in [1.807, 2.05) is 42.5 Å². The largest absolute Gasteiger partial charge is 0.468 e. The first-order valence-corrected chi connectivity index (χ1v) is 10.3. The van der Waals surface area contributed by atoms with E-state index in [0.29, 0.717) is 37.7 Å². The third kappa shape index (κ3) is 4.12. The molecular weight excluding hydrogens is 402 g/mol. The molecule has 0 spiro atoms. The lowest BCUT2D eigenvalue weighted by Crippen LogP contribution is -2.50. The Bertz CT molecular complexity index is 1060. The monoisotopic (exact) mass is 425 g/mol. The minimum atomic E-state index is -0.546. The average Bonchev–Trinajstić information content (AvgIpc) is 3.20. The number of rotatable bonds is 6. The van der Waals surface area contributed by atoms with Crippen LogP contribution >= 0.6 is 11.6 Å². The molecule has 2 aromatic carbocycles. The Morgan fingerprint density at radius 2 is 1.77 bits per heavy atom. The molecule has 1 aromatic heterocycles. The number of hydrogen-bond acceptors (Lipinski definition) is 5. The minimum Gasteiger partial charge on any atom is -0.468 e. The number of H-pyrrole nitrogens is 1. The van der Waals surface area contributed by atoms with Gasteiger partial charge < -0.3 is 9.72 Å². The van der Waals surface area contributed by atoms with E-state index in [1.54, 1.807) is 12.3 Å². The number of ketones is 1. The molecule has 0 radical (unpaired) electrons. The van der Waals surface area contributed by atoms with Gasteiger partial charge in [0, 0.05) is 53.9 Å². The number of carbonyl (C=O) groups excluding carboxylic acids is 2. The van der Waals surface area contributed by atoms with E-state index >= 15 is 0 Å². The van der Waals surface area contributed by atoms with Gasteiger partial charge in [0.05, 0.1) is 13.7 Å². The second-order valence-electron chi connectivity index (χ2n) is 7.43. The summed E-state index contributed by atoms with van der Waals surface area (Å²) in [4.78, 5) is 32.7. The molecular formula is C23H24ClN3O3. The number of para-hydroxylation sites is 1. The Labute approximate surface area is 180 Å². The van der Waals surface area contributed by atoms with Crippen molar-refractivity contribution in [2.75, 3.05) is 39.8 Å². The second-order valence-corrected chi connectivity index (χ2v) is 7.84. The molecule has 1 saturated heterocycles. The van der Waals surface area contributed by atoms with Crippen LogP contribution in [0.15, 0.2) is 54.7 Å². The number of Topliss-reactive ketones (excluding diaryl/α,β-unsaturated/α-hetero) is 1. The molecule has 1 fully saturated rings. The zero-order valence-electron chi connectivity index (χ0n) is 16.8. The number of esters is 1. The first-order valence-electron chi connectivity index (χ1n) is 9.96. The molecule has 6 nitrogen and oxygen atoms in total. The molecule has 0 bridgehead atoms. The smallest absolute Gasteiger partial charge is 0.327 e. The maximum absolute atomic E-state index is 12.9. The van der Waals surface area contributed by atoms with E-state index in [4.69, 9.17) is 16.3 Å². The topological polar surface area (TPSA) is 65.6 Å². The van der Waals surface area contributed by atoms with Gasteiger partial charge in [-0.05, 0) is 17.7 Å². The maximum atomic E-state index is 12.9. The highest BCUT2D eigenvalue weighted by molar-refractivity contribution is 6.31. The molecule has 1 atom stereocenters. The molecule has 7 heteroatoms. The number of ether oxygens (including phenoxy) is 1. The quantitative estimate of drug-likeness (QED) is 0.483. The van der Waals surface area contributed by atoms with Crippen LogP contribution in [-0.2, 0) is 9.53 Å². The van der Waals surface area contributed by atoms with Gasteiger partial charge in [-0.15, -0.1) is 0 Å². The van der Waals surface area contributed by atoms with Crippen LogP contribution in [0.25, 0.3) is 10.9 Å². The lowest BCUT2D eigenvalue weighted by atomic mass is 10.0. The van der Waals surface area contributed by atoms with Crippen molar-refractivity contribution in [1.82, 2.24) is 14.8 Å². The van der Waals surface area contributed by atoms with E-state index < -0.39 is 6.04 Å². The Morgan fingerprint density at radius 1 is 1.07 bits per heavy atom. The Balaban J connectivity index is 1.43. The van der Waals surface area contributed by atoms with Gasteiger partial charge in [0.25, 0.3) is 0 Å². The number of piperazine rings is 1. The van der Waals surface area contributed by atoms with Gasteiger partial charge in [0.2, 0.25) is 0 Å². The second kappa shape index (κ2) is 9.00. The van der Waals surface area contributed by atoms with Crippen LogP contribution in [0.2, 0.25) is 5.02 Å². The lowest BCUT2D eigenvalue weighted by molar-refractivity contribution is -0.148. The predicted octanol–water partition coefficient (Wildman–Crippen LogP) is 3.54. The van der Waals surface area contributed by atoms with Crippen molar-refractivity contribution < 1.29 is 14.3 Å². The van der Waals surface area contributed by atoms with Crippen LogP contribution in [0.3, 0.4) is 0 Å². The van der Waals surface area contributed by atoms with Gasteiger partial charge in [0.15, 0.2) is 5.78 Å². The summed E-state index contributed by atoms with van der Waals surface area (Å²) in [6, 6.07) is 14.6. The van der Waals surface area contributed by atoms with Crippen LogP contribution in [0.5, 0.6) is 0 Å². The SMILES string of the molecule is COC(=O)C(c1ccccc1Cl)N1CCN(CC(=O)c2c[nH]c3ccccc23)CC1. The summed E-state index contributed by atoms with van der Waals surface area (Å²) in [6.45, 7) is 3.01. The maximum Gasteiger partial charge on any atom is 0.327 e. The molecule has 1 aliphatic heterocycles. The highest BCUT2D eigenvalue weighted by atomic mass is 35.5. The fourth-order valence-electron chi connectivity index (χ4n) is 4.05. The van der Waals surface area contributed by atoms with E-state index in [-0.39, 0.29) is 11.8 Å². The van der Waals surface area contributed by atoms with Gasteiger partial charge in [-0.2, -0.15) is 0 Å². The summed E-state index contributed by atoms with van der Waals surface area (Å²) in [5, 5.41) is 1.50. The molecule has 30 heavy (non-hydrogen) atoms. The van der Waals surface area contributed by atoms with Gasteiger partial charge in [-0.25, -0.2) is 4.79 Å². The van der Waals surface area contributed by atoms with Crippen LogP contribution < -0.4 is 0 Å². The molecule has 4 rings (SSSR count). The number of nitrogens with one attached hydrogen (secondary N) is 1. The number of nitrogens with zero attached hydrogens (tertiary/aromatic N) is 2. The molecule has 2 heterocycles. The highest BCUT2D eigenvalue weighted by Crippen LogP contribution is 2.29. The zero-order valence-corrected chi connectivity index (χ0v) is 17.6. The van der Waals surface area contributed by atoms with Gasteiger partial charge in [0.1, 0.15) is 6.04 Å². The number of benzene rings is 2. The minimum absolute atomic E-state index is 0.0940. The number of halogens is 1. The number of aromatic nitrogens is 1. The van der Waals surface area contributed by atoms with Gasteiger partial charge in [-0.1, -0.05) is 48.0 Å². The van der Waals surface area contributed by atoms with Crippen LogP contribution in [-0.4, -0.2) is 66.4 Å². The molecule has 1 N–H and O–H groups in total. The van der Waals surface area contributed by atoms with Gasteiger partial charge in [-0.3, -0.25) is 14.6 Å². The van der Waals surface area contributed by atoms with Crippen LogP contribution in [0.1, 0.15) is 22.0 Å². The Morgan fingerprint density at radius 3 is 2.50 bits per heavy atom. The molecule has 1 unspecified atom stereocenters. The lowest BCUT2D eigenvalue weighted by Gasteiger charge is -2.38. The molecule has 156 valence electrons. The first kappa shape index (κ1) is 20.6. The molecule has 1 aliphatic rings. The van der Waals surface area contributed by atoms with Gasteiger partial charge >= 0.3 is 5.97 Å². The molecule has 0 amide bonds. The van der Waals surface area contributed by atoms with Crippen molar-refractivity contribution in [2.45, 2.75) is 6.04 Å². The number of aromatic amines is 1. The number of fused-ring (bicyclic) bond motifs is 1. The van der Waals surface area contributed by atoms with Crippen molar-refractivity contribution in [1.29, 1.82) is 0 Å². The Kier molecular flexibility index (Phi) is 6.18.